The van der Waals surface area contributed by atoms with Crippen LogP contribution >= 0.6 is 0 Å². The topological polar surface area (TPSA) is 185 Å². The van der Waals surface area contributed by atoms with Crippen molar-refractivity contribution in [3.8, 4) is 5.88 Å². The summed E-state index contributed by atoms with van der Waals surface area (Å²) in [5.41, 5.74) is 4.37. The zero-order valence-electron chi connectivity index (χ0n) is 37.4. The first-order valence-corrected chi connectivity index (χ1v) is 21.3. The number of ether oxygens (including phenoxy) is 7. The first-order chi connectivity index (χ1) is 28.7. The molecule has 5 atom stereocenters. The molecule has 2 aromatic rings. The van der Waals surface area contributed by atoms with Crippen LogP contribution in [0.3, 0.4) is 0 Å². The van der Waals surface area contributed by atoms with Gasteiger partial charge in [0.1, 0.15) is 18.3 Å². The van der Waals surface area contributed by atoms with E-state index in [0.717, 1.165) is 80.6 Å². The molecule has 5 rings (SSSR count). The number of hydrogen-bond donors (Lipinski definition) is 1. The lowest BCUT2D eigenvalue weighted by Gasteiger charge is -2.45. The number of carbonyl (C=O) groups is 5. The van der Waals surface area contributed by atoms with Gasteiger partial charge in [0.05, 0.1) is 0 Å². The molecule has 16 heteroatoms. The van der Waals surface area contributed by atoms with Crippen LogP contribution in [0, 0.1) is 6.92 Å². The molecule has 3 aliphatic heterocycles. The molecule has 0 bridgehead atoms. The molecule has 0 aliphatic carbocycles. The minimum absolute atomic E-state index is 0.0185. The third-order valence-corrected chi connectivity index (χ3v) is 11.3. The minimum atomic E-state index is -1.42. The Hall–Kier alpha value is -4.96. The number of rotatable bonds is 14. The van der Waals surface area contributed by atoms with E-state index in [1.807, 2.05) is 39.5 Å². The van der Waals surface area contributed by atoms with Gasteiger partial charge in [0.15, 0.2) is 12.2 Å². The molecule has 0 saturated carbocycles. The predicted octanol–water partition coefficient (Wildman–Crippen LogP) is 6.16. The Kier molecular flexibility index (Phi) is 15.7. The van der Waals surface area contributed by atoms with Crippen molar-refractivity contribution in [2.45, 2.75) is 156 Å². The van der Waals surface area contributed by atoms with Crippen molar-refractivity contribution in [2.75, 3.05) is 32.8 Å². The van der Waals surface area contributed by atoms with Gasteiger partial charge in [-0.3, -0.25) is 29.2 Å². The predicted molar refractivity (Wildman–Crippen MR) is 223 cm³/mol. The summed E-state index contributed by atoms with van der Waals surface area (Å²) in [5, 5.41) is 7.59. The molecule has 1 aromatic carbocycles. The van der Waals surface area contributed by atoms with Gasteiger partial charge in [0.25, 0.3) is 0 Å². The highest BCUT2D eigenvalue weighted by molar-refractivity contribution is 5.69. The third-order valence-electron chi connectivity index (χ3n) is 11.3. The summed E-state index contributed by atoms with van der Waals surface area (Å²) in [4.78, 5) is 65.9. The van der Waals surface area contributed by atoms with Gasteiger partial charge in [0, 0.05) is 70.5 Å². The SMILES string of the molecule is CC(=O)OC[C@H]1O[C@@H](Oc2n[nH]c(C(C)C)c2Cc2ccc(/C=C/CCN3CCCC34CCN(C(=O)OC(C)(C)C)CC4)cc2C)[C@H](OC(C)=O)[C@@H](OC(C)=O)[C@@H]1OC(C)=O. The number of aryl methyl sites for hydroxylation is 1. The Balaban J connectivity index is 1.29. The average Bonchev–Trinajstić information content (AvgIpc) is 3.74. The van der Waals surface area contributed by atoms with E-state index in [9.17, 15) is 24.0 Å². The van der Waals surface area contributed by atoms with Crippen molar-refractivity contribution in [2.24, 2.45) is 0 Å². The summed E-state index contributed by atoms with van der Waals surface area (Å²) in [7, 11) is 0. The zero-order valence-corrected chi connectivity index (χ0v) is 37.4. The highest BCUT2D eigenvalue weighted by Crippen LogP contribution is 2.39. The molecule has 4 heterocycles. The van der Waals surface area contributed by atoms with E-state index in [1.165, 1.54) is 20.3 Å². The second-order valence-electron chi connectivity index (χ2n) is 17.6. The molecule has 3 aliphatic rings. The van der Waals surface area contributed by atoms with Crippen LogP contribution < -0.4 is 4.74 Å². The van der Waals surface area contributed by atoms with Gasteiger partial charge >= 0.3 is 30.0 Å². The number of H-pyrrole nitrogens is 1. The molecule has 3 fully saturated rings. The number of aromatic nitrogens is 2. The monoisotopic (exact) mass is 852 g/mol. The van der Waals surface area contributed by atoms with Crippen LogP contribution in [-0.4, -0.2) is 125 Å². The fourth-order valence-electron chi connectivity index (χ4n) is 8.50. The lowest BCUT2D eigenvalue weighted by atomic mass is 9.85. The van der Waals surface area contributed by atoms with Crippen LogP contribution in [0.2, 0.25) is 0 Å². The van der Waals surface area contributed by atoms with Gasteiger partial charge in [-0.15, -0.1) is 5.10 Å². The van der Waals surface area contributed by atoms with Crippen LogP contribution in [-0.2, 0) is 54.0 Å². The van der Waals surface area contributed by atoms with Gasteiger partial charge in [-0.2, -0.15) is 0 Å². The molecule has 16 nitrogen and oxygen atoms in total. The second-order valence-corrected chi connectivity index (χ2v) is 17.6. The number of esters is 4. The van der Waals surface area contributed by atoms with Crippen molar-refractivity contribution in [3.05, 3.63) is 52.2 Å². The van der Waals surface area contributed by atoms with Crippen molar-refractivity contribution in [3.63, 3.8) is 0 Å². The summed E-state index contributed by atoms with van der Waals surface area (Å²) in [6, 6.07) is 6.31. The largest absolute Gasteiger partial charge is 0.463 e. The maximum Gasteiger partial charge on any atom is 0.410 e. The molecular formula is C45H64N4O12. The molecule has 61 heavy (non-hydrogen) atoms. The number of piperidine rings is 1. The summed E-state index contributed by atoms with van der Waals surface area (Å²) in [6.07, 6.45) is 3.08. The maximum atomic E-state index is 12.7. The number of amides is 1. The van der Waals surface area contributed by atoms with E-state index < -0.39 is 60.2 Å². The molecule has 0 radical (unpaired) electrons. The number of aromatic amines is 1. The quantitative estimate of drug-likeness (QED) is 0.168. The van der Waals surface area contributed by atoms with Crippen LogP contribution in [0.25, 0.3) is 6.08 Å². The van der Waals surface area contributed by atoms with E-state index in [1.54, 1.807) is 0 Å². The van der Waals surface area contributed by atoms with E-state index >= 15 is 0 Å². The van der Waals surface area contributed by atoms with Crippen LogP contribution in [0.15, 0.2) is 24.3 Å². The standard InChI is InChI=1S/C45H64N4O12/c1-27(2)37-35(41(47-46-37)60-42-40(58-32(7)53)39(57-31(6)52)38(56-30(5)51)36(59-42)26-55-29(4)50)25-34-16-15-33(24-28(34)3)14-11-12-20-49-21-13-17-45(49)18-22-48(23-19-45)43(54)61-44(8,9)10/h11,14-16,24,27,36,38-40,42H,12-13,17-23,25-26H2,1-10H3,(H,46,47)/b14-11+/t36-,38-,39+,40-,42+/m1/s1. The fourth-order valence-corrected chi connectivity index (χ4v) is 8.50. The summed E-state index contributed by atoms with van der Waals surface area (Å²) in [5.74, 6) is -2.62. The Morgan fingerprint density at radius 1 is 0.918 bits per heavy atom. The van der Waals surface area contributed by atoms with Gasteiger partial charge in [-0.25, -0.2) is 4.79 Å². The molecule has 1 N–H and O–H groups in total. The molecule has 1 amide bonds. The Morgan fingerprint density at radius 2 is 1.57 bits per heavy atom. The number of nitrogens with zero attached hydrogens (tertiary/aromatic N) is 3. The van der Waals surface area contributed by atoms with Crippen LogP contribution in [0.5, 0.6) is 5.88 Å². The van der Waals surface area contributed by atoms with E-state index in [2.05, 4.69) is 52.4 Å². The minimum Gasteiger partial charge on any atom is -0.463 e. The zero-order chi connectivity index (χ0) is 44.6. The number of carbonyl (C=O) groups excluding carboxylic acids is 5. The first kappa shape index (κ1) is 47.1. The Morgan fingerprint density at radius 3 is 2.18 bits per heavy atom. The van der Waals surface area contributed by atoms with Gasteiger partial charge in [-0.1, -0.05) is 44.2 Å². The van der Waals surface area contributed by atoms with Crippen molar-refractivity contribution in [1.82, 2.24) is 20.0 Å². The Bertz CT molecular complexity index is 1910. The third kappa shape index (κ3) is 12.6. The van der Waals surface area contributed by atoms with E-state index in [-0.39, 0.29) is 30.0 Å². The van der Waals surface area contributed by atoms with Gasteiger partial charge in [0.2, 0.25) is 18.3 Å². The highest BCUT2D eigenvalue weighted by Gasteiger charge is 2.54. The fraction of sp³-hybridized carbons (Fsp3) is 0.644. The first-order valence-electron chi connectivity index (χ1n) is 21.3. The number of benzene rings is 1. The number of hydrogen-bond acceptors (Lipinski definition) is 14. The number of nitrogens with one attached hydrogen (secondary N) is 1. The average molecular weight is 853 g/mol. The lowest BCUT2D eigenvalue weighted by Crippen LogP contribution is -2.63. The molecule has 0 unspecified atom stereocenters. The van der Waals surface area contributed by atoms with Crippen LogP contribution in [0.4, 0.5) is 4.79 Å². The van der Waals surface area contributed by atoms with E-state index in [0.29, 0.717) is 19.5 Å². The van der Waals surface area contributed by atoms with Crippen LogP contribution in [0.1, 0.15) is 128 Å². The van der Waals surface area contributed by atoms with Gasteiger partial charge in [-0.05, 0) is 89.0 Å². The highest BCUT2D eigenvalue weighted by atomic mass is 16.7. The maximum absolute atomic E-state index is 12.7. The molecule has 1 spiro atoms. The molecule has 3 saturated heterocycles. The second kappa shape index (κ2) is 20.3. The molecule has 336 valence electrons. The summed E-state index contributed by atoms with van der Waals surface area (Å²) < 4.78 is 40.1. The van der Waals surface area contributed by atoms with E-state index in [4.69, 9.17) is 33.2 Å². The summed E-state index contributed by atoms with van der Waals surface area (Å²) in [6.45, 7) is 19.6. The summed E-state index contributed by atoms with van der Waals surface area (Å²) >= 11 is 0. The lowest BCUT2D eigenvalue weighted by molar-refractivity contribution is -0.289. The van der Waals surface area contributed by atoms with Gasteiger partial charge < -0.3 is 38.1 Å². The van der Waals surface area contributed by atoms with Crippen molar-refractivity contribution >= 4 is 36.0 Å². The van der Waals surface area contributed by atoms with Crippen molar-refractivity contribution in [1.29, 1.82) is 0 Å². The normalized spacial score (nSPS) is 22.9. The number of likely N-dealkylation sites (tertiary alicyclic amines) is 2. The smallest absolute Gasteiger partial charge is 0.410 e. The Labute approximate surface area is 358 Å². The van der Waals surface area contributed by atoms with Crippen molar-refractivity contribution < 1.29 is 57.1 Å². The molecular weight excluding hydrogens is 789 g/mol. The molecule has 1 aromatic heterocycles.